The predicted octanol–water partition coefficient (Wildman–Crippen LogP) is 8.87. The second-order valence-electron chi connectivity index (χ2n) is 7.10. The molecule has 0 aromatic rings. The first-order chi connectivity index (χ1) is 14.5. The molecule has 0 aliphatic carbocycles. The lowest BCUT2D eigenvalue weighted by molar-refractivity contribution is 0.241. The molecule has 0 aromatic carbocycles. The average Bonchev–Trinajstić information content (AvgIpc) is 2.76. The van der Waals surface area contributed by atoms with E-state index in [1.54, 1.807) is 0 Å². The first-order valence-electron chi connectivity index (χ1n) is 9.97. The van der Waals surface area contributed by atoms with Crippen LogP contribution in [0.25, 0.3) is 0 Å². The molecule has 168 valence electrons. The minimum atomic E-state index is -1.27. The van der Waals surface area contributed by atoms with Crippen LogP contribution in [0.3, 0.4) is 0 Å². The smallest absolute Gasteiger partial charge is 0.200 e. The van der Waals surface area contributed by atoms with Crippen molar-refractivity contribution in [2.75, 3.05) is 6.61 Å². The Bertz CT molecular complexity index is 850. The molecule has 0 radical (unpaired) electrons. The molecule has 0 amide bonds. The zero-order valence-electron chi connectivity index (χ0n) is 18.7. The van der Waals surface area contributed by atoms with Crippen LogP contribution in [-0.2, 0) is 4.74 Å². The number of hydrogen-bond donors (Lipinski definition) is 0. The van der Waals surface area contributed by atoms with Crippen LogP contribution >= 0.6 is 0 Å². The summed E-state index contributed by atoms with van der Waals surface area (Å²) in [6, 6.07) is 0. The van der Waals surface area contributed by atoms with Gasteiger partial charge < -0.3 is 4.74 Å². The average molecular weight is 431 g/mol. The maximum absolute atomic E-state index is 14.5. The number of halogens is 3. The van der Waals surface area contributed by atoms with Crippen LogP contribution < -0.4 is 0 Å². The Balaban J connectivity index is 5.16. The van der Waals surface area contributed by atoms with Crippen LogP contribution in [0.2, 0.25) is 0 Å². The topological polar surface area (TPSA) is 9.23 Å². The Hall–Kier alpha value is -3.01. The number of ether oxygens (including phenoxy) is 1. The van der Waals surface area contributed by atoms with Crippen molar-refractivity contribution in [2.45, 2.75) is 33.1 Å². The predicted molar refractivity (Wildman–Crippen MR) is 127 cm³/mol. The lowest BCUT2D eigenvalue weighted by atomic mass is 9.94. The highest BCUT2D eigenvalue weighted by Gasteiger charge is 2.15. The highest BCUT2D eigenvalue weighted by molar-refractivity contribution is 5.52. The van der Waals surface area contributed by atoms with E-state index in [4.69, 9.17) is 4.74 Å². The zero-order chi connectivity index (χ0) is 24.1. The molecule has 0 bridgehead atoms. The maximum Gasteiger partial charge on any atom is 0.200 e. The van der Waals surface area contributed by atoms with Crippen molar-refractivity contribution in [1.29, 1.82) is 0 Å². The standard InChI is InChI=1S/C27H33F3O/c1-10-12-13-19(4)22(7)25(28)17-21(6)18(3)14-15-20(5)23(8)26(29)27(30)24(9)31-16-11-2/h11,14-15,17,19H,2-3,5-10,12-13,16H2,1,4H3/b15-14-,25-17+,27-26-. The molecule has 0 saturated carbocycles. The van der Waals surface area contributed by atoms with Crippen molar-refractivity contribution in [3.8, 4) is 0 Å². The molecule has 0 rings (SSSR count). The van der Waals surface area contributed by atoms with Crippen LogP contribution in [0.5, 0.6) is 0 Å². The van der Waals surface area contributed by atoms with Gasteiger partial charge in [0.2, 0.25) is 5.83 Å². The largest absolute Gasteiger partial charge is 0.487 e. The van der Waals surface area contributed by atoms with Gasteiger partial charge >= 0.3 is 0 Å². The summed E-state index contributed by atoms with van der Waals surface area (Å²) in [5.41, 5.74) is 0.924. The fourth-order valence-corrected chi connectivity index (χ4v) is 2.29. The normalized spacial score (nSPS) is 13.3. The van der Waals surface area contributed by atoms with Crippen molar-refractivity contribution in [2.24, 2.45) is 5.92 Å². The molecule has 4 heteroatoms. The third kappa shape index (κ3) is 9.56. The molecule has 1 atom stereocenters. The van der Waals surface area contributed by atoms with Crippen LogP contribution in [0.4, 0.5) is 13.2 Å². The summed E-state index contributed by atoms with van der Waals surface area (Å²) in [5.74, 6) is -3.42. The van der Waals surface area contributed by atoms with Gasteiger partial charge in [-0.1, -0.05) is 91.0 Å². The molecule has 1 unspecified atom stereocenters. The van der Waals surface area contributed by atoms with E-state index < -0.39 is 23.2 Å². The molecule has 0 spiro atoms. The lowest BCUT2D eigenvalue weighted by Crippen LogP contribution is -1.99. The Morgan fingerprint density at radius 1 is 0.903 bits per heavy atom. The molecule has 0 heterocycles. The molecule has 0 N–H and O–H groups in total. The van der Waals surface area contributed by atoms with Crippen molar-refractivity contribution < 1.29 is 17.9 Å². The summed E-state index contributed by atoms with van der Waals surface area (Å²) < 4.78 is 47.6. The number of allylic oxidation sites excluding steroid dienone is 11. The van der Waals surface area contributed by atoms with E-state index in [1.165, 1.54) is 24.3 Å². The van der Waals surface area contributed by atoms with Crippen molar-refractivity contribution >= 4 is 0 Å². The van der Waals surface area contributed by atoms with Gasteiger partial charge in [-0.3, -0.25) is 0 Å². The lowest BCUT2D eigenvalue weighted by Gasteiger charge is -2.13. The first kappa shape index (κ1) is 28.0. The molecule has 0 aromatic heterocycles. The summed E-state index contributed by atoms with van der Waals surface area (Å²) >= 11 is 0. The fourth-order valence-electron chi connectivity index (χ4n) is 2.29. The molecule has 0 saturated heterocycles. The van der Waals surface area contributed by atoms with Gasteiger partial charge in [-0.05, 0) is 40.7 Å². The van der Waals surface area contributed by atoms with E-state index in [0.29, 0.717) is 16.7 Å². The van der Waals surface area contributed by atoms with Gasteiger partial charge in [0, 0.05) is 5.57 Å². The Morgan fingerprint density at radius 2 is 1.48 bits per heavy atom. The molecule has 31 heavy (non-hydrogen) atoms. The SMILES string of the molecule is C=CCOC(=C)/C(F)=C(/F)C(=C)C(=C)/C=C\C(=C)C(=C)/C=C(/F)C(=C)C(C)CCCC. The second kappa shape index (κ2) is 14.1. The molecule has 0 fully saturated rings. The highest BCUT2D eigenvalue weighted by Crippen LogP contribution is 2.28. The van der Waals surface area contributed by atoms with Crippen LogP contribution in [0.1, 0.15) is 33.1 Å². The molecular formula is C27H33F3O. The van der Waals surface area contributed by atoms with Crippen LogP contribution in [0.15, 0.2) is 121 Å². The van der Waals surface area contributed by atoms with Crippen molar-refractivity contribution in [1.82, 2.24) is 0 Å². The van der Waals surface area contributed by atoms with Gasteiger partial charge in [-0.15, -0.1) is 0 Å². The number of hydrogen-bond acceptors (Lipinski definition) is 1. The quantitative estimate of drug-likeness (QED) is 0.143. The summed E-state index contributed by atoms with van der Waals surface area (Å²) in [6.07, 6.45) is 8.38. The fraction of sp³-hybridized carbons (Fsp3) is 0.259. The van der Waals surface area contributed by atoms with Gasteiger partial charge in [0.15, 0.2) is 11.6 Å². The second-order valence-corrected chi connectivity index (χ2v) is 7.10. The van der Waals surface area contributed by atoms with E-state index in [9.17, 15) is 13.2 Å². The highest BCUT2D eigenvalue weighted by atomic mass is 19.2. The van der Waals surface area contributed by atoms with Gasteiger partial charge in [0.05, 0.1) is 0 Å². The van der Waals surface area contributed by atoms with Gasteiger partial charge in [0.1, 0.15) is 12.4 Å². The number of rotatable bonds is 15. The van der Waals surface area contributed by atoms with E-state index >= 15 is 0 Å². The summed E-state index contributed by atoms with van der Waals surface area (Å²) in [7, 11) is 0. The Morgan fingerprint density at radius 3 is 2.03 bits per heavy atom. The third-order valence-corrected chi connectivity index (χ3v) is 4.56. The van der Waals surface area contributed by atoms with Gasteiger partial charge in [0.25, 0.3) is 0 Å². The first-order valence-corrected chi connectivity index (χ1v) is 9.97. The van der Waals surface area contributed by atoms with E-state index in [1.807, 2.05) is 6.92 Å². The molecule has 1 nitrogen and oxygen atoms in total. The monoisotopic (exact) mass is 430 g/mol. The summed E-state index contributed by atoms with van der Waals surface area (Å²) in [5, 5.41) is 0. The number of unbranched alkanes of at least 4 members (excludes halogenated alkanes) is 1. The van der Waals surface area contributed by atoms with Crippen molar-refractivity contribution in [3.63, 3.8) is 0 Å². The molecular weight excluding hydrogens is 397 g/mol. The minimum Gasteiger partial charge on any atom is -0.487 e. The van der Waals surface area contributed by atoms with Gasteiger partial charge in [-0.25, -0.2) is 8.78 Å². The summed E-state index contributed by atoms with van der Waals surface area (Å²) in [4.78, 5) is 0. The minimum absolute atomic E-state index is 0.0112. The summed E-state index contributed by atoms with van der Waals surface area (Å²) in [6.45, 7) is 29.3. The zero-order valence-corrected chi connectivity index (χ0v) is 18.7. The van der Waals surface area contributed by atoms with Gasteiger partial charge in [-0.2, -0.15) is 4.39 Å². The Kier molecular flexibility index (Phi) is 12.7. The Labute approximate surface area is 185 Å². The van der Waals surface area contributed by atoms with E-state index in [-0.39, 0.29) is 23.7 Å². The maximum atomic E-state index is 14.5. The van der Waals surface area contributed by atoms with Crippen LogP contribution in [-0.4, -0.2) is 6.61 Å². The third-order valence-electron chi connectivity index (χ3n) is 4.56. The van der Waals surface area contributed by atoms with E-state index in [0.717, 1.165) is 19.3 Å². The molecule has 0 aliphatic heterocycles. The molecule has 0 aliphatic rings. The van der Waals surface area contributed by atoms with Crippen molar-refractivity contribution in [3.05, 3.63) is 121 Å². The van der Waals surface area contributed by atoms with E-state index in [2.05, 4.69) is 53.0 Å². The van der Waals surface area contributed by atoms with Crippen LogP contribution in [0, 0.1) is 5.92 Å².